The predicted molar refractivity (Wildman–Crippen MR) is 77.4 cm³/mol. The van der Waals surface area contributed by atoms with Crippen LogP contribution in [0.3, 0.4) is 0 Å². The van der Waals surface area contributed by atoms with Crippen molar-refractivity contribution in [1.82, 2.24) is 4.90 Å². The number of hydrogen-bond acceptors (Lipinski definition) is 4. The molecule has 21 heavy (non-hydrogen) atoms. The molecular weight excluding hydrogens is 294 g/mol. The molecule has 114 valence electrons. The molecule has 5 nitrogen and oxygen atoms in total. The standard InChI is InChI=1S/C15H18ClNO4/c16-12-1-3-13(4-2-12)19-11-14(18)17-7-5-15(6-8-17)20-9-10-21-15/h1-4H,5-11H2. The van der Waals surface area contributed by atoms with Gasteiger partial charge < -0.3 is 19.1 Å². The van der Waals surface area contributed by atoms with Gasteiger partial charge in [-0.05, 0) is 24.3 Å². The largest absolute Gasteiger partial charge is 0.484 e. The minimum atomic E-state index is -0.451. The Balaban J connectivity index is 1.47. The molecule has 2 fully saturated rings. The molecule has 1 spiro atoms. The third-order valence-electron chi connectivity index (χ3n) is 3.87. The smallest absolute Gasteiger partial charge is 0.260 e. The Morgan fingerprint density at radius 2 is 1.81 bits per heavy atom. The Kier molecular flexibility index (Phi) is 4.33. The lowest BCUT2D eigenvalue weighted by molar-refractivity contribution is -0.187. The number of halogens is 1. The summed E-state index contributed by atoms with van der Waals surface area (Å²) < 4.78 is 16.8. The maximum Gasteiger partial charge on any atom is 0.260 e. The Morgan fingerprint density at radius 1 is 1.19 bits per heavy atom. The summed E-state index contributed by atoms with van der Waals surface area (Å²) in [5, 5.41) is 0.645. The van der Waals surface area contributed by atoms with Gasteiger partial charge in [0.1, 0.15) is 5.75 Å². The molecule has 0 atom stereocenters. The van der Waals surface area contributed by atoms with E-state index in [-0.39, 0.29) is 12.5 Å². The zero-order valence-electron chi connectivity index (χ0n) is 11.7. The van der Waals surface area contributed by atoms with Crippen LogP contribution in [0.5, 0.6) is 5.75 Å². The first-order valence-electron chi connectivity index (χ1n) is 7.11. The summed E-state index contributed by atoms with van der Waals surface area (Å²) in [6.45, 7) is 2.61. The van der Waals surface area contributed by atoms with Crippen LogP contribution in [0.15, 0.2) is 24.3 Å². The van der Waals surface area contributed by atoms with E-state index >= 15 is 0 Å². The summed E-state index contributed by atoms with van der Waals surface area (Å²) in [6.07, 6.45) is 1.44. The van der Waals surface area contributed by atoms with E-state index in [9.17, 15) is 4.79 Å². The minimum Gasteiger partial charge on any atom is -0.484 e. The van der Waals surface area contributed by atoms with E-state index in [1.54, 1.807) is 29.2 Å². The molecule has 0 radical (unpaired) electrons. The first kappa shape index (κ1) is 14.6. The highest BCUT2D eigenvalue weighted by atomic mass is 35.5. The monoisotopic (exact) mass is 311 g/mol. The van der Waals surface area contributed by atoms with Gasteiger partial charge >= 0.3 is 0 Å². The van der Waals surface area contributed by atoms with Crippen molar-refractivity contribution in [2.45, 2.75) is 18.6 Å². The number of carbonyl (C=O) groups is 1. The van der Waals surface area contributed by atoms with Crippen molar-refractivity contribution in [3.63, 3.8) is 0 Å². The first-order chi connectivity index (χ1) is 10.2. The summed E-state index contributed by atoms with van der Waals surface area (Å²) in [4.78, 5) is 13.9. The van der Waals surface area contributed by atoms with E-state index in [1.165, 1.54) is 0 Å². The van der Waals surface area contributed by atoms with Gasteiger partial charge in [-0.3, -0.25) is 4.79 Å². The first-order valence-corrected chi connectivity index (χ1v) is 7.49. The summed E-state index contributed by atoms with van der Waals surface area (Å²) in [6, 6.07) is 6.98. The fourth-order valence-corrected chi connectivity index (χ4v) is 2.78. The van der Waals surface area contributed by atoms with Crippen molar-refractivity contribution in [3.05, 3.63) is 29.3 Å². The quantitative estimate of drug-likeness (QED) is 0.857. The molecule has 2 heterocycles. The van der Waals surface area contributed by atoms with Crippen molar-refractivity contribution in [2.24, 2.45) is 0 Å². The van der Waals surface area contributed by atoms with Crippen LogP contribution in [0.25, 0.3) is 0 Å². The molecule has 2 aliphatic rings. The highest BCUT2D eigenvalue weighted by molar-refractivity contribution is 6.30. The van der Waals surface area contributed by atoms with Crippen molar-refractivity contribution < 1.29 is 19.0 Å². The number of rotatable bonds is 3. The SMILES string of the molecule is O=C(COc1ccc(Cl)cc1)N1CCC2(CC1)OCCO2. The zero-order valence-corrected chi connectivity index (χ0v) is 12.5. The summed E-state index contributed by atoms with van der Waals surface area (Å²) in [5.74, 6) is 0.176. The van der Waals surface area contributed by atoms with Gasteiger partial charge in [0.05, 0.1) is 13.2 Å². The second kappa shape index (κ2) is 6.22. The number of carbonyl (C=O) groups excluding carboxylic acids is 1. The Labute approximate surface area is 128 Å². The molecule has 0 N–H and O–H groups in total. The topological polar surface area (TPSA) is 48.0 Å². The third kappa shape index (κ3) is 3.48. The van der Waals surface area contributed by atoms with E-state index in [0.717, 1.165) is 12.8 Å². The highest BCUT2D eigenvalue weighted by Crippen LogP contribution is 2.31. The molecule has 2 saturated heterocycles. The van der Waals surface area contributed by atoms with E-state index in [2.05, 4.69) is 0 Å². The summed E-state index contributed by atoms with van der Waals surface area (Å²) >= 11 is 5.80. The third-order valence-corrected chi connectivity index (χ3v) is 4.12. The molecule has 0 unspecified atom stereocenters. The fraction of sp³-hybridized carbons (Fsp3) is 0.533. The lowest BCUT2D eigenvalue weighted by Crippen LogP contribution is -2.48. The number of amides is 1. The average Bonchev–Trinajstić information content (AvgIpc) is 2.95. The van der Waals surface area contributed by atoms with Gasteiger partial charge in [-0.2, -0.15) is 0 Å². The van der Waals surface area contributed by atoms with Crippen LogP contribution >= 0.6 is 11.6 Å². The van der Waals surface area contributed by atoms with Crippen molar-refractivity contribution in [2.75, 3.05) is 32.9 Å². The molecule has 0 aromatic heterocycles. The van der Waals surface area contributed by atoms with Crippen LogP contribution in [0.1, 0.15) is 12.8 Å². The normalized spacial score (nSPS) is 20.7. The van der Waals surface area contributed by atoms with Crippen LogP contribution in [0.2, 0.25) is 5.02 Å². The molecule has 0 bridgehead atoms. The number of ether oxygens (including phenoxy) is 3. The molecule has 6 heteroatoms. The van der Waals surface area contributed by atoms with E-state index < -0.39 is 5.79 Å². The number of benzene rings is 1. The maximum absolute atomic E-state index is 12.1. The van der Waals surface area contributed by atoms with Crippen molar-refractivity contribution in [3.8, 4) is 5.75 Å². The lowest BCUT2D eigenvalue weighted by Gasteiger charge is -2.37. The number of nitrogens with zero attached hydrogens (tertiary/aromatic N) is 1. The average molecular weight is 312 g/mol. The van der Waals surface area contributed by atoms with Crippen LogP contribution < -0.4 is 4.74 Å². The van der Waals surface area contributed by atoms with E-state index in [4.69, 9.17) is 25.8 Å². The zero-order chi connectivity index (χ0) is 14.7. The maximum atomic E-state index is 12.1. The lowest BCUT2D eigenvalue weighted by atomic mass is 10.0. The minimum absolute atomic E-state index is 0.0159. The molecule has 0 saturated carbocycles. The molecule has 0 aliphatic carbocycles. The van der Waals surface area contributed by atoms with Gasteiger partial charge in [0.25, 0.3) is 5.91 Å². The van der Waals surface area contributed by atoms with Crippen LogP contribution in [0.4, 0.5) is 0 Å². The molecule has 3 rings (SSSR count). The number of piperidine rings is 1. The molecule has 1 amide bonds. The molecule has 2 aliphatic heterocycles. The van der Waals surface area contributed by atoms with Crippen molar-refractivity contribution >= 4 is 17.5 Å². The van der Waals surface area contributed by atoms with Gasteiger partial charge in [0.15, 0.2) is 12.4 Å². The Morgan fingerprint density at radius 3 is 2.43 bits per heavy atom. The van der Waals surface area contributed by atoms with Gasteiger partial charge in [0.2, 0.25) is 0 Å². The van der Waals surface area contributed by atoms with Gasteiger partial charge in [-0.1, -0.05) is 11.6 Å². The summed E-state index contributed by atoms with van der Waals surface area (Å²) in [7, 11) is 0. The summed E-state index contributed by atoms with van der Waals surface area (Å²) in [5.41, 5.74) is 0. The van der Waals surface area contributed by atoms with Crippen molar-refractivity contribution in [1.29, 1.82) is 0 Å². The second-order valence-corrected chi connectivity index (χ2v) is 5.67. The molecule has 1 aromatic rings. The van der Waals surface area contributed by atoms with Gasteiger partial charge in [0, 0.05) is 31.0 Å². The Hall–Kier alpha value is -1.30. The number of likely N-dealkylation sites (tertiary alicyclic amines) is 1. The van der Waals surface area contributed by atoms with Gasteiger partial charge in [-0.25, -0.2) is 0 Å². The van der Waals surface area contributed by atoms with Gasteiger partial charge in [-0.15, -0.1) is 0 Å². The highest BCUT2D eigenvalue weighted by Gasteiger charge is 2.40. The molecular formula is C15H18ClNO4. The van der Waals surface area contributed by atoms with E-state index in [0.29, 0.717) is 37.1 Å². The fourth-order valence-electron chi connectivity index (χ4n) is 2.65. The van der Waals surface area contributed by atoms with E-state index in [1.807, 2.05) is 0 Å². The Bertz CT molecular complexity index is 489. The predicted octanol–water partition coefficient (Wildman–Crippen LogP) is 2.08. The van der Waals surface area contributed by atoms with Crippen LogP contribution in [-0.2, 0) is 14.3 Å². The number of hydrogen-bond donors (Lipinski definition) is 0. The van der Waals surface area contributed by atoms with Crippen LogP contribution in [0, 0.1) is 0 Å². The molecule has 1 aromatic carbocycles. The van der Waals surface area contributed by atoms with Crippen LogP contribution in [-0.4, -0.2) is 49.5 Å². The second-order valence-electron chi connectivity index (χ2n) is 5.23.